The van der Waals surface area contributed by atoms with Crippen LogP contribution < -0.4 is 33.2 Å². The van der Waals surface area contributed by atoms with Crippen LogP contribution in [0, 0.1) is 0 Å². The molecule has 5 heavy (non-hydrogen) atoms. The van der Waals surface area contributed by atoms with Gasteiger partial charge in [-0.25, -0.2) is 0 Å². The maximum absolute atomic E-state index is 8.60. The molecule has 0 aliphatic rings. The third kappa shape index (κ3) is 34.1. The molecule has 0 amide bonds. The van der Waals surface area contributed by atoms with Crippen molar-refractivity contribution in [3.8, 4) is 0 Å². The van der Waals surface area contributed by atoms with Crippen LogP contribution in [0.2, 0.25) is 0 Å². The summed E-state index contributed by atoms with van der Waals surface area (Å²) in [6, 6.07) is 0. The van der Waals surface area contributed by atoms with Gasteiger partial charge in [-0.2, -0.15) is 0 Å². The summed E-state index contributed by atoms with van der Waals surface area (Å²) in [6.07, 6.45) is 0. The van der Waals surface area contributed by atoms with E-state index in [2.05, 4.69) is 0 Å². The van der Waals surface area contributed by atoms with Crippen LogP contribution in [0.3, 0.4) is 0 Å². The molecule has 0 unspecified atom stereocenters. The number of hydrogen-bond acceptors (Lipinski definition) is 3. The van der Waals surface area contributed by atoms with Gasteiger partial charge in [-0.15, -0.1) is 0 Å². The predicted octanol–water partition coefficient (Wildman–Crippen LogP) is -4.43. The predicted molar refractivity (Wildman–Crippen MR) is 1.37 cm³/mol. The van der Waals surface area contributed by atoms with Gasteiger partial charge in [-0.1, -0.05) is 0 Å². The molecule has 0 spiro atoms. The molecule has 0 N–H and O–H groups in total. The Hall–Kier alpha value is 1.30. The van der Waals surface area contributed by atoms with Crippen LogP contribution in [-0.2, 0) is 25.3 Å². The molecule has 5 heteroatoms. The molecule has 0 aromatic rings. The van der Waals surface area contributed by atoms with Gasteiger partial charge in [0.05, 0.1) is 0 Å². The Morgan fingerprint density at radius 2 is 1.40 bits per heavy atom. The van der Waals surface area contributed by atoms with Crippen LogP contribution >= 0.6 is 0 Å². The van der Waals surface area contributed by atoms with Gasteiger partial charge in [0, 0.05) is 0 Å². The molecule has 3 nitrogen and oxygen atoms in total. The molecule has 0 heterocycles. The summed E-state index contributed by atoms with van der Waals surface area (Å²) in [5, 5.41) is 0. The Morgan fingerprint density at radius 1 is 1.40 bits per heavy atom. The van der Waals surface area contributed by atoms with Crippen molar-refractivity contribution in [1.82, 2.24) is 0 Å². The second-order valence-electron chi connectivity index (χ2n) is 0.224. The molecule has 0 atom stereocenters. The van der Waals surface area contributed by atoms with Crippen molar-refractivity contribution in [2.24, 2.45) is 0 Å². The summed E-state index contributed by atoms with van der Waals surface area (Å²) in [6.45, 7) is 0. The molecule has 0 bridgehead atoms. The monoisotopic (exact) mass is 164 g/mol. The summed E-state index contributed by atoms with van der Waals surface area (Å²) < 4.78 is 25.8. The Labute approximate surface area is 57.9 Å². The first kappa shape index (κ1) is 9.57. The van der Waals surface area contributed by atoms with E-state index < -0.39 is 18.8 Å². The quantitative estimate of drug-likeness (QED) is 0.339. The van der Waals surface area contributed by atoms with Crippen LogP contribution in [0.15, 0.2) is 0 Å². The second-order valence-corrected chi connectivity index (χ2v) is 1.32. The van der Waals surface area contributed by atoms with Crippen molar-refractivity contribution in [3.63, 3.8) is 0 Å². The summed E-state index contributed by atoms with van der Waals surface area (Å²) in [5.74, 6) is 0. The molecule has 0 fully saturated rings. The van der Waals surface area contributed by atoms with E-state index in [1.165, 1.54) is 0 Å². The first-order valence-electron chi connectivity index (χ1n) is 0.548. The van der Waals surface area contributed by atoms with Gasteiger partial charge in [0.25, 0.3) is 0 Å². The minimum absolute atomic E-state index is 0. The molecule has 0 aromatic heterocycles. The minimum atomic E-state index is -4.20. The zero-order valence-corrected chi connectivity index (χ0v) is 6.87. The summed E-state index contributed by atoms with van der Waals surface area (Å²) >= 11 is -4.20. The van der Waals surface area contributed by atoms with Crippen LogP contribution in [0.1, 0.15) is 0 Å². The molecule has 24 valence electrons. The third-order valence-electron chi connectivity index (χ3n) is 0. The van der Waals surface area contributed by atoms with Gasteiger partial charge >= 0.3 is 58.5 Å². The van der Waals surface area contributed by atoms with Crippen molar-refractivity contribution in [1.29, 1.82) is 0 Å². The average molecular weight is 164 g/mol. The van der Waals surface area contributed by atoms with Gasteiger partial charge in [0.15, 0.2) is 0 Å². The van der Waals surface area contributed by atoms with Crippen molar-refractivity contribution < 1.29 is 58.5 Å². The van der Waals surface area contributed by atoms with Crippen LogP contribution in [0.5, 0.6) is 0 Å². The number of rotatable bonds is 0. The van der Waals surface area contributed by atoms with Crippen LogP contribution in [0.4, 0.5) is 0 Å². The normalized spacial score (nSPS) is 5.00. The summed E-state index contributed by atoms with van der Waals surface area (Å²) in [7, 11) is 0. The zero-order chi connectivity index (χ0) is 3.58. The Kier molecular flexibility index (Phi) is 10.1. The fourth-order valence-corrected chi connectivity index (χ4v) is 0. The molecule has 0 radical (unpaired) electrons. The molecular formula is NaNbO3. The average Bonchev–Trinajstić information content (AvgIpc) is 0.811. The van der Waals surface area contributed by atoms with Gasteiger partial charge in [-0.3, -0.25) is 0 Å². The van der Waals surface area contributed by atoms with E-state index in [4.69, 9.17) is 10.1 Å². The first-order chi connectivity index (χ1) is 1.73. The van der Waals surface area contributed by atoms with Crippen LogP contribution in [-0.4, -0.2) is 0 Å². The molecule has 0 aliphatic carbocycles. The first-order valence-corrected chi connectivity index (χ1v) is 3.24. The Balaban J connectivity index is 0. The van der Waals surface area contributed by atoms with Crippen molar-refractivity contribution in [3.05, 3.63) is 0 Å². The Bertz CT molecular complexity index is 55.3. The fraction of sp³-hybridized carbons (Fsp3) is 0. The number of hydrogen-bond donors (Lipinski definition) is 0. The van der Waals surface area contributed by atoms with E-state index in [9.17, 15) is 0 Å². The molecule has 0 aromatic carbocycles. The van der Waals surface area contributed by atoms with Crippen molar-refractivity contribution in [2.75, 3.05) is 0 Å². The topological polar surface area (TPSA) is 57.2 Å². The summed E-state index contributed by atoms with van der Waals surface area (Å²) in [4.78, 5) is 0. The van der Waals surface area contributed by atoms with Crippen molar-refractivity contribution in [2.45, 2.75) is 0 Å². The zero-order valence-electron chi connectivity index (χ0n) is 2.67. The van der Waals surface area contributed by atoms with Crippen molar-refractivity contribution >= 4 is 0 Å². The van der Waals surface area contributed by atoms with E-state index >= 15 is 0 Å². The van der Waals surface area contributed by atoms with E-state index in [0.717, 1.165) is 0 Å². The van der Waals surface area contributed by atoms with Gasteiger partial charge in [0.1, 0.15) is 0 Å². The molecule has 0 rings (SSSR count). The second kappa shape index (κ2) is 5.30. The summed E-state index contributed by atoms with van der Waals surface area (Å²) in [5.41, 5.74) is 0. The van der Waals surface area contributed by atoms with E-state index in [1.807, 2.05) is 0 Å². The molecular weight excluding hydrogens is 164 g/mol. The SMILES string of the molecule is [Na+].[O]=[Nb](=[O])[O-]. The van der Waals surface area contributed by atoms with Gasteiger partial charge in [-0.05, 0) is 0 Å². The standard InChI is InChI=1S/Na.Nb.3O/q+1;;;;-1. The van der Waals surface area contributed by atoms with Gasteiger partial charge < -0.3 is 0 Å². The van der Waals surface area contributed by atoms with E-state index in [-0.39, 0.29) is 29.6 Å². The maximum atomic E-state index is 8.60. The van der Waals surface area contributed by atoms with E-state index in [0.29, 0.717) is 0 Å². The van der Waals surface area contributed by atoms with Gasteiger partial charge in [0.2, 0.25) is 0 Å². The fourth-order valence-electron chi connectivity index (χ4n) is 0. The Morgan fingerprint density at radius 3 is 1.40 bits per heavy atom. The molecule has 0 saturated carbocycles. The molecule has 0 aliphatic heterocycles. The molecule has 0 saturated heterocycles. The van der Waals surface area contributed by atoms with E-state index in [1.54, 1.807) is 0 Å². The van der Waals surface area contributed by atoms with Crippen LogP contribution in [0.25, 0.3) is 0 Å². The third-order valence-corrected chi connectivity index (χ3v) is 0.